The first kappa shape index (κ1) is 20.3. The molecule has 3 aliphatic rings. The first-order valence-corrected chi connectivity index (χ1v) is 11.5. The van der Waals surface area contributed by atoms with Crippen LogP contribution in [0.25, 0.3) is 10.8 Å². The number of nitrogens with one attached hydrogen (secondary N) is 2. The summed E-state index contributed by atoms with van der Waals surface area (Å²) in [7, 11) is 0. The van der Waals surface area contributed by atoms with E-state index in [9.17, 15) is 9.59 Å². The number of hydrogen-bond donors (Lipinski definition) is 2. The van der Waals surface area contributed by atoms with Crippen LogP contribution in [-0.2, 0) is 4.74 Å². The molecule has 2 unspecified atom stereocenters. The number of benzene rings is 2. The summed E-state index contributed by atoms with van der Waals surface area (Å²) < 4.78 is 5.92. The third-order valence-electron chi connectivity index (χ3n) is 7.63. The van der Waals surface area contributed by atoms with Gasteiger partial charge in [0, 0.05) is 44.9 Å². The Hall–Kier alpha value is -2.60. The summed E-state index contributed by atoms with van der Waals surface area (Å²) >= 11 is 0. The Morgan fingerprint density at radius 1 is 1.10 bits per heavy atom. The van der Waals surface area contributed by atoms with Crippen LogP contribution in [0.1, 0.15) is 41.6 Å². The second kappa shape index (κ2) is 8.15. The van der Waals surface area contributed by atoms with Crippen molar-refractivity contribution in [3.63, 3.8) is 0 Å². The van der Waals surface area contributed by atoms with Crippen molar-refractivity contribution in [2.75, 3.05) is 32.7 Å². The molecule has 2 atom stereocenters. The zero-order valence-corrected chi connectivity index (χ0v) is 18.2. The molecule has 6 nitrogen and oxygen atoms in total. The number of carbonyl (C=O) groups excluding carboxylic acids is 2. The van der Waals surface area contributed by atoms with Gasteiger partial charge in [-0.15, -0.1) is 0 Å². The number of carbonyl (C=O) groups is 2. The molecule has 0 aromatic heterocycles. The zero-order chi connectivity index (χ0) is 21.4. The number of nitrogens with zero attached hydrogens (tertiary/aromatic N) is 1. The van der Waals surface area contributed by atoms with Gasteiger partial charge in [0.1, 0.15) is 5.60 Å². The second-order valence-electron chi connectivity index (χ2n) is 9.30. The quantitative estimate of drug-likeness (QED) is 0.779. The van der Waals surface area contributed by atoms with Crippen LogP contribution in [0, 0.1) is 18.8 Å². The van der Waals surface area contributed by atoms with Gasteiger partial charge >= 0.3 is 6.09 Å². The van der Waals surface area contributed by atoms with E-state index < -0.39 is 0 Å². The Labute approximate surface area is 183 Å². The van der Waals surface area contributed by atoms with Crippen molar-refractivity contribution in [3.8, 4) is 0 Å². The topological polar surface area (TPSA) is 70.7 Å². The molecule has 1 spiro atoms. The number of piperidine rings is 2. The molecule has 2 N–H and O–H groups in total. The molecule has 0 aliphatic carbocycles. The van der Waals surface area contributed by atoms with Crippen molar-refractivity contribution in [1.82, 2.24) is 15.5 Å². The van der Waals surface area contributed by atoms with Gasteiger partial charge in [-0.2, -0.15) is 0 Å². The lowest BCUT2D eigenvalue weighted by Crippen LogP contribution is -2.60. The number of amides is 2. The summed E-state index contributed by atoms with van der Waals surface area (Å²) in [6.07, 6.45) is 3.37. The first-order valence-electron chi connectivity index (χ1n) is 11.5. The molecule has 3 heterocycles. The Bertz CT molecular complexity index is 995. The van der Waals surface area contributed by atoms with E-state index in [1.54, 1.807) is 0 Å². The summed E-state index contributed by atoms with van der Waals surface area (Å²) in [5.41, 5.74) is 1.51. The fourth-order valence-electron chi connectivity index (χ4n) is 5.94. The van der Waals surface area contributed by atoms with E-state index in [1.807, 2.05) is 36.1 Å². The third kappa shape index (κ3) is 3.67. The maximum Gasteiger partial charge on any atom is 0.407 e. The molecule has 5 rings (SSSR count). The Morgan fingerprint density at radius 2 is 1.87 bits per heavy atom. The molecule has 2 aromatic carbocycles. The standard InChI is InChI=1S/C25H31N3O3/c1-17-6-7-18-4-2-3-5-20(18)22(17)23(29)28-14-8-19(9-15-28)21-16-26-12-10-25(21)11-13-27-24(30)31-25/h2-7,19,21,26H,8-16H2,1H3,(H,27,30). The Kier molecular flexibility index (Phi) is 5.34. The van der Waals surface area contributed by atoms with Gasteiger partial charge in [-0.05, 0) is 48.6 Å². The van der Waals surface area contributed by atoms with Gasteiger partial charge in [-0.25, -0.2) is 4.79 Å². The average Bonchev–Trinajstić information content (AvgIpc) is 2.79. The highest BCUT2D eigenvalue weighted by Crippen LogP contribution is 2.42. The molecule has 2 amide bonds. The summed E-state index contributed by atoms with van der Waals surface area (Å²) in [4.78, 5) is 27.5. The minimum absolute atomic E-state index is 0.137. The van der Waals surface area contributed by atoms with Gasteiger partial charge in [0.15, 0.2) is 0 Å². The lowest BCUT2D eigenvalue weighted by atomic mass is 9.69. The molecular formula is C25H31N3O3. The van der Waals surface area contributed by atoms with Crippen LogP contribution in [0.2, 0.25) is 0 Å². The minimum atomic E-state index is -0.351. The van der Waals surface area contributed by atoms with E-state index in [2.05, 4.69) is 22.8 Å². The molecule has 3 saturated heterocycles. The highest BCUT2D eigenvalue weighted by atomic mass is 16.6. The maximum absolute atomic E-state index is 13.5. The van der Waals surface area contributed by atoms with E-state index in [1.165, 1.54) is 0 Å². The largest absolute Gasteiger partial charge is 0.442 e. The average molecular weight is 422 g/mol. The van der Waals surface area contributed by atoms with Crippen LogP contribution in [0.3, 0.4) is 0 Å². The van der Waals surface area contributed by atoms with Crippen molar-refractivity contribution in [3.05, 3.63) is 47.5 Å². The van der Waals surface area contributed by atoms with Crippen molar-refractivity contribution < 1.29 is 14.3 Å². The summed E-state index contributed by atoms with van der Waals surface area (Å²) in [5, 5.41) is 8.46. The lowest BCUT2D eigenvalue weighted by Gasteiger charge is -2.50. The van der Waals surface area contributed by atoms with Crippen molar-refractivity contribution in [1.29, 1.82) is 0 Å². The van der Waals surface area contributed by atoms with E-state index in [4.69, 9.17) is 4.74 Å². The molecule has 3 aliphatic heterocycles. The van der Waals surface area contributed by atoms with Crippen LogP contribution in [-0.4, -0.2) is 55.2 Å². The Balaban J connectivity index is 1.32. The third-order valence-corrected chi connectivity index (χ3v) is 7.63. The molecule has 6 heteroatoms. The number of alkyl carbamates (subject to hydrolysis) is 1. The molecule has 2 aromatic rings. The normalized spacial score (nSPS) is 27.2. The van der Waals surface area contributed by atoms with E-state index >= 15 is 0 Å². The summed E-state index contributed by atoms with van der Waals surface area (Å²) in [6, 6.07) is 12.3. The maximum atomic E-state index is 13.5. The molecule has 31 heavy (non-hydrogen) atoms. The first-order chi connectivity index (χ1) is 15.1. The van der Waals surface area contributed by atoms with Gasteiger partial charge in [0.2, 0.25) is 0 Å². The van der Waals surface area contributed by atoms with Gasteiger partial charge in [-0.1, -0.05) is 36.4 Å². The zero-order valence-electron chi connectivity index (χ0n) is 18.2. The number of fused-ring (bicyclic) bond motifs is 1. The number of rotatable bonds is 2. The SMILES string of the molecule is Cc1ccc2ccccc2c1C(=O)N1CCC(C2CNCCC23CCNC(=O)O3)CC1. The van der Waals surface area contributed by atoms with E-state index in [0.717, 1.165) is 73.8 Å². The van der Waals surface area contributed by atoms with Gasteiger partial charge in [-0.3, -0.25) is 4.79 Å². The fraction of sp³-hybridized carbons (Fsp3) is 0.520. The molecular weight excluding hydrogens is 390 g/mol. The number of hydrogen-bond acceptors (Lipinski definition) is 4. The monoisotopic (exact) mass is 421 g/mol. The van der Waals surface area contributed by atoms with Gasteiger partial charge < -0.3 is 20.3 Å². The highest BCUT2D eigenvalue weighted by molar-refractivity contribution is 6.08. The molecule has 0 radical (unpaired) electrons. The van der Waals surface area contributed by atoms with Crippen LogP contribution in [0.5, 0.6) is 0 Å². The number of likely N-dealkylation sites (tertiary alicyclic amines) is 1. The highest BCUT2D eigenvalue weighted by Gasteiger charge is 2.49. The predicted molar refractivity (Wildman–Crippen MR) is 120 cm³/mol. The van der Waals surface area contributed by atoms with Gasteiger partial charge in [0.25, 0.3) is 5.91 Å². The number of aryl methyl sites for hydroxylation is 1. The second-order valence-corrected chi connectivity index (χ2v) is 9.30. The van der Waals surface area contributed by atoms with Crippen molar-refractivity contribution >= 4 is 22.8 Å². The summed E-state index contributed by atoms with van der Waals surface area (Å²) in [5.74, 6) is 0.901. The van der Waals surface area contributed by atoms with Crippen molar-refractivity contribution in [2.24, 2.45) is 11.8 Å². The smallest absolute Gasteiger partial charge is 0.407 e. The van der Waals surface area contributed by atoms with Crippen LogP contribution in [0.4, 0.5) is 4.79 Å². The fourth-order valence-corrected chi connectivity index (χ4v) is 5.94. The van der Waals surface area contributed by atoms with Gasteiger partial charge in [0.05, 0.1) is 5.56 Å². The van der Waals surface area contributed by atoms with Crippen LogP contribution in [0.15, 0.2) is 36.4 Å². The molecule has 0 bridgehead atoms. The van der Waals surface area contributed by atoms with Crippen molar-refractivity contribution in [2.45, 2.75) is 38.2 Å². The van der Waals surface area contributed by atoms with E-state index in [0.29, 0.717) is 18.4 Å². The van der Waals surface area contributed by atoms with E-state index in [-0.39, 0.29) is 17.6 Å². The van der Waals surface area contributed by atoms with Crippen LogP contribution < -0.4 is 10.6 Å². The lowest BCUT2D eigenvalue weighted by molar-refractivity contribution is -0.0958. The molecule has 3 fully saturated rings. The molecule has 164 valence electrons. The minimum Gasteiger partial charge on any atom is -0.442 e. The predicted octanol–water partition coefficient (Wildman–Crippen LogP) is 3.48. The number of ether oxygens (including phenoxy) is 1. The van der Waals surface area contributed by atoms with Crippen LogP contribution >= 0.6 is 0 Å². The molecule has 0 saturated carbocycles. The Morgan fingerprint density at radius 3 is 2.68 bits per heavy atom. The summed E-state index contributed by atoms with van der Waals surface area (Å²) in [6.45, 7) is 5.99.